The summed E-state index contributed by atoms with van der Waals surface area (Å²) in [5.41, 5.74) is 0.987. The van der Waals surface area contributed by atoms with E-state index >= 15 is 0 Å². The van der Waals surface area contributed by atoms with Crippen LogP contribution in [0.1, 0.15) is 32.1 Å². The Hall–Kier alpha value is -4.60. The van der Waals surface area contributed by atoms with Crippen molar-refractivity contribution in [3.05, 3.63) is 66.7 Å². The number of hydrogen-bond acceptors (Lipinski definition) is 6. The standard InChI is InChI=1S/C33H36N4O6/c1-36-15-9-4-3-8-12-22-19-33(22,31(39)40)35-30(38)28-17-24(20-37(28)32(36)41)43-29-18-26(21-10-6-5-7-11-21)34-27-16-23(42-2)13-14-25(27)29/h5-8,10-14,16,18,22,24,28H,3-4,9,15,17,19-20H2,1-2H3,(H,35,38)(H,39,40)/b12-8-/t22-,24-,28+,33-/m1/s1. The normalized spacial score (nSPS) is 26.6. The van der Waals surface area contributed by atoms with Gasteiger partial charge in [-0.3, -0.25) is 4.79 Å². The van der Waals surface area contributed by atoms with E-state index in [4.69, 9.17) is 14.5 Å². The van der Waals surface area contributed by atoms with Gasteiger partial charge in [-0.2, -0.15) is 0 Å². The van der Waals surface area contributed by atoms with E-state index in [1.54, 1.807) is 19.1 Å². The number of urea groups is 1. The van der Waals surface area contributed by atoms with Crippen LogP contribution in [0.5, 0.6) is 11.5 Å². The first kappa shape index (κ1) is 28.5. The maximum atomic E-state index is 13.7. The number of aliphatic carboxylic acids is 1. The van der Waals surface area contributed by atoms with E-state index in [-0.39, 0.29) is 24.9 Å². The highest BCUT2D eigenvalue weighted by atomic mass is 16.5. The lowest BCUT2D eigenvalue weighted by Gasteiger charge is -2.29. The number of methoxy groups -OCH3 is 1. The SMILES string of the molecule is COc1ccc2c(O[C@@H]3C[C@H]4C(=O)N[C@]5(C(=O)O)C[C@H]5/C=C\CCCCN(C)C(=O)N4C3)cc(-c3ccccc3)nc2c1. The zero-order chi connectivity index (χ0) is 30.1. The van der Waals surface area contributed by atoms with E-state index in [2.05, 4.69) is 5.32 Å². The minimum Gasteiger partial charge on any atom is -0.497 e. The van der Waals surface area contributed by atoms with Crippen LogP contribution in [-0.4, -0.2) is 82.7 Å². The Labute approximate surface area is 250 Å². The van der Waals surface area contributed by atoms with Crippen LogP contribution in [0.3, 0.4) is 0 Å². The molecule has 3 amide bonds. The van der Waals surface area contributed by atoms with Crippen molar-refractivity contribution in [3.63, 3.8) is 0 Å². The van der Waals surface area contributed by atoms with Gasteiger partial charge in [0.05, 0.1) is 24.9 Å². The second kappa shape index (κ2) is 11.6. The lowest BCUT2D eigenvalue weighted by Crippen LogP contribution is -2.54. The van der Waals surface area contributed by atoms with E-state index in [0.717, 1.165) is 35.9 Å². The highest BCUT2D eigenvalue weighted by molar-refractivity contribution is 5.95. The summed E-state index contributed by atoms with van der Waals surface area (Å²) in [6.07, 6.45) is 6.42. The number of fused-ring (bicyclic) bond motifs is 3. The number of benzene rings is 2. The molecule has 6 rings (SSSR count). The molecule has 1 saturated carbocycles. The minimum absolute atomic E-state index is 0.186. The first-order chi connectivity index (χ1) is 20.8. The Morgan fingerprint density at radius 3 is 2.70 bits per heavy atom. The van der Waals surface area contributed by atoms with Gasteiger partial charge in [0, 0.05) is 49.0 Å². The Balaban J connectivity index is 1.32. The fourth-order valence-corrected chi connectivity index (χ4v) is 6.13. The average molecular weight is 585 g/mol. The molecule has 10 nitrogen and oxygen atoms in total. The molecule has 3 aromatic rings. The van der Waals surface area contributed by atoms with Gasteiger partial charge in [-0.25, -0.2) is 14.6 Å². The highest BCUT2D eigenvalue weighted by Crippen LogP contribution is 2.45. The van der Waals surface area contributed by atoms with Crippen molar-refractivity contribution in [2.24, 2.45) is 5.92 Å². The second-order valence-electron chi connectivity index (χ2n) is 11.6. The fourth-order valence-electron chi connectivity index (χ4n) is 6.13. The third-order valence-corrected chi connectivity index (χ3v) is 8.71. The zero-order valence-corrected chi connectivity index (χ0v) is 24.4. The van der Waals surface area contributed by atoms with Gasteiger partial charge in [0.2, 0.25) is 5.91 Å². The first-order valence-corrected chi connectivity index (χ1v) is 14.7. The number of nitrogens with zero attached hydrogens (tertiary/aromatic N) is 3. The molecule has 3 heterocycles. The molecule has 224 valence electrons. The predicted octanol–water partition coefficient (Wildman–Crippen LogP) is 4.48. The first-order valence-electron chi connectivity index (χ1n) is 14.7. The quantitative estimate of drug-likeness (QED) is 0.424. The van der Waals surface area contributed by atoms with E-state index < -0.39 is 29.6 Å². The molecule has 3 aliphatic rings. The van der Waals surface area contributed by atoms with Gasteiger partial charge in [-0.1, -0.05) is 42.5 Å². The summed E-state index contributed by atoms with van der Waals surface area (Å²) in [5, 5.41) is 13.6. The summed E-state index contributed by atoms with van der Waals surface area (Å²) in [6, 6.07) is 16.1. The number of allylic oxidation sites excluding steroid dienone is 1. The van der Waals surface area contributed by atoms with Crippen LogP contribution in [0, 0.1) is 5.92 Å². The van der Waals surface area contributed by atoms with Gasteiger partial charge in [0.25, 0.3) is 0 Å². The molecule has 2 aliphatic heterocycles. The maximum Gasteiger partial charge on any atom is 0.330 e. The molecule has 2 aromatic carbocycles. The Kier molecular flexibility index (Phi) is 7.68. The lowest BCUT2D eigenvalue weighted by atomic mass is 10.1. The van der Waals surface area contributed by atoms with Crippen molar-refractivity contribution in [2.45, 2.75) is 49.8 Å². The number of amides is 3. The third kappa shape index (κ3) is 5.61. The van der Waals surface area contributed by atoms with Crippen molar-refractivity contribution in [3.8, 4) is 22.8 Å². The van der Waals surface area contributed by atoms with Crippen LogP contribution >= 0.6 is 0 Å². The summed E-state index contributed by atoms with van der Waals surface area (Å²) in [6.45, 7) is 0.744. The molecule has 0 spiro atoms. The van der Waals surface area contributed by atoms with Gasteiger partial charge in [-0.05, 0) is 37.8 Å². The highest BCUT2D eigenvalue weighted by Gasteiger charge is 2.61. The number of pyridine rings is 1. The van der Waals surface area contributed by atoms with Gasteiger partial charge in [-0.15, -0.1) is 0 Å². The summed E-state index contributed by atoms with van der Waals surface area (Å²) in [7, 11) is 3.34. The van der Waals surface area contributed by atoms with Crippen molar-refractivity contribution in [2.75, 3.05) is 27.2 Å². The van der Waals surface area contributed by atoms with E-state index in [1.165, 1.54) is 4.90 Å². The Morgan fingerprint density at radius 2 is 1.93 bits per heavy atom. The summed E-state index contributed by atoms with van der Waals surface area (Å²) < 4.78 is 12.0. The molecule has 4 atom stereocenters. The Bertz CT molecular complexity index is 1580. The third-order valence-electron chi connectivity index (χ3n) is 8.71. The van der Waals surface area contributed by atoms with Crippen molar-refractivity contribution < 1.29 is 29.0 Å². The monoisotopic (exact) mass is 584 g/mol. The molecular weight excluding hydrogens is 548 g/mol. The number of carboxylic acids is 1. The number of aromatic nitrogens is 1. The summed E-state index contributed by atoms with van der Waals surface area (Å²) in [5.74, 6) is -0.557. The molecule has 2 N–H and O–H groups in total. The molecule has 10 heteroatoms. The van der Waals surface area contributed by atoms with E-state index in [0.29, 0.717) is 30.0 Å². The topological polar surface area (TPSA) is 121 Å². The molecule has 0 unspecified atom stereocenters. The number of nitrogens with one attached hydrogen (secondary N) is 1. The van der Waals surface area contributed by atoms with Crippen LogP contribution in [-0.2, 0) is 9.59 Å². The van der Waals surface area contributed by atoms with Crippen LogP contribution in [0.2, 0.25) is 0 Å². The molecular formula is C33H36N4O6. The number of carboxylic acid groups (broad SMARTS) is 1. The number of hydrogen-bond donors (Lipinski definition) is 2. The van der Waals surface area contributed by atoms with Crippen LogP contribution < -0.4 is 14.8 Å². The van der Waals surface area contributed by atoms with Crippen LogP contribution in [0.4, 0.5) is 4.79 Å². The number of carbonyl (C=O) groups excluding carboxylic acids is 2. The van der Waals surface area contributed by atoms with Crippen molar-refractivity contribution >= 4 is 28.8 Å². The van der Waals surface area contributed by atoms with Gasteiger partial charge in [0.1, 0.15) is 29.2 Å². The van der Waals surface area contributed by atoms with Gasteiger partial charge >= 0.3 is 12.0 Å². The maximum absolute atomic E-state index is 13.7. The molecule has 1 aliphatic carbocycles. The second-order valence-corrected chi connectivity index (χ2v) is 11.6. The van der Waals surface area contributed by atoms with Gasteiger partial charge in [0.15, 0.2) is 0 Å². The van der Waals surface area contributed by atoms with Crippen molar-refractivity contribution in [1.29, 1.82) is 0 Å². The lowest BCUT2D eigenvalue weighted by molar-refractivity contribution is -0.144. The van der Waals surface area contributed by atoms with Crippen LogP contribution in [0.15, 0.2) is 66.7 Å². The van der Waals surface area contributed by atoms with Crippen LogP contribution in [0.25, 0.3) is 22.2 Å². The van der Waals surface area contributed by atoms with E-state index in [1.807, 2.05) is 66.7 Å². The smallest absolute Gasteiger partial charge is 0.330 e. The molecule has 2 fully saturated rings. The molecule has 0 radical (unpaired) electrons. The minimum atomic E-state index is -1.35. The number of ether oxygens (including phenoxy) is 2. The van der Waals surface area contributed by atoms with Gasteiger partial charge < -0.3 is 29.7 Å². The van der Waals surface area contributed by atoms with E-state index in [9.17, 15) is 19.5 Å². The predicted molar refractivity (Wildman–Crippen MR) is 161 cm³/mol. The summed E-state index contributed by atoms with van der Waals surface area (Å²) in [4.78, 5) is 47.6. The number of rotatable bonds is 5. The zero-order valence-electron chi connectivity index (χ0n) is 24.4. The largest absolute Gasteiger partial charge is 0.497 e. The summed E-state index contributed by atoms with van der Waals surface area (Å²) >= 11 is 0. The molecule has 43 heavy (non-hydrogen) atoms. The average Bonchev–Trinajstić information content (AvgIpc) is 3.55. The molecule has 0 bridgehead atoms. The Morgan fingerprint density at radius 1 is 1.12 bits per heavy atom. The van der Waals surface area contributed by atoms with Crippen molar-refractivity contribution in [1.82, 2.24) is 20.1 Å². The number of carbonyl (C=O) groups is 3. The molecule has 1 saturated heterocycles. The molecule has 1 aromatic heterocycles. The fraction of sp³-hybridized carbons (Fsp3) is 0.394.